The second kappa shape index (κ2) is 10.4. The molecule has 0 amide bonds. The Labute approximate surface area is 167 Å². The van der Waals surface area contributed by atoms with E-state index >= 15 is 0 Å². The van der Waals surface area contributed by atoms with E-state index in [2.05, 4.69) is 100 Å². The largest absolute Gasteiger partial charge is 0.137 e. The third-order valence-electron chi connectivity index (χ3n) is 5.79. The zero-order valence-electron chi connectivity index (χ0n) is 16.2. The van der Waals surface area contributed by atoms with Gasteiger partial charge in [-0.3, -0.25) is 0 Å². The lowest BCUT2D eigenvalue weighted by Crippen LogP contribution is -2.25. The molecule has 0 saturated carbocycles. The summed E-state index contributed by atoms with van der Waals surface area (Å²) in [6.07, 6.45) is 8.41. The minimum absolute atomic E-state index is 0.367. The number of hydrogen-bond donors (Lipinski definition) is 0. The van der Waals surface area contributed by atoms with Gasteiger partial charge in [-0.2, -0.15) is 0 Å². The van der Waals surface area contributed by atoms with Gasteiger partial charge in [0, 0.05) is 0 Å². The number of aryl methyl sites for hydroxylation is 3. The van der Waals surface area contributed by atoms with Crippen molar-refractivity contribution in [3.05, 3.63) is 108 Å². The highest BCUT2D eigenvalue weighted by Gasteiger charge is 2.27. The standard InChI is InChI=1S/C26H31P/c27-22-26(19-16-23-10-4-1-5-11-23,20-17-24-12-6-2-7-13-24)21-18-25-14-8-3-9-15-25/h1-15H,16-22,27H2. The lowest BCUT2D eigenvalue weighted by atomic mass is 9.75. The molecule has 3 aromatic carbocycles. The third-order valence-corrected chi connectivity index (χ3v) is 6.66. The highest BCUT2D eigenvalue weighted by atomic mass is 31.0. The molecule has 1 atom stereocenters. The van der Waals surface area contributed by atoms with Gasteiger partial charge >= 0.3 is 0 Å². The maximum absolute atomic E-state index is 3.06. The Kier molecular flexibility index (Phi) is 7.66. The fraction of sp³-hybridized carbons (Fsp3) is 0.308. The van der Waals surface area contributed by atoms with Gasteiger partial charge in [-0.25, -0.2) is 0 Å². The summed E-state index contributed by atoms with van der Waals surface area (Å²) in [5, 5.41) is 0. The van der Waals surface area contributed by atoms with Crippen LogP contribution in [-0.4, -0.2) is 6.16 Å². The zero-order valence-corrected chi connectivity index (χ0v) is 17.3. The molecule has 0 spiro atoms. The van der Waals surface area contributed by atoms with Gasteiger partial charge in [0.25, 0.3) is 0 Å². The van der Waals surface area contributed by atoms with Crippen LogP contribution in [0.5, 0.6) is 0 Å². The van der Waals surface area contributed by atoms with Crippen LogP contribution in [0.1, 0.15) is 36.0 Å². The van der Waals surface area contributed by atoms with Crippen LogP contribution in [0.15, 0.2) is 91.0 Å². The maximum Gasteiger partial charge on any atom is -0.0253 e. The molecule has 0 aliphatic carbocycles. The normalized spacial score (nSPS) is 11.4. The van der Waals surface area contributed by atoms with E-state index in [4.69, 9.17) is 0 Å². The summed E-state index contributed by atoms with van der Waals surface area (Å²) in [7, 11) is 3.06. The molecule has 27 heavy (non-hydrogen) atoms. The van der Waals surface area contributed by atoms with Gasteiger partial charge in [0.1, 0.15) is 0 Å². The molecule has 0 heterocycles. The minimum Gasteiger partial charge on any atom is -0.137 e. The Morgan fingerprint density at radius 3 is 1.04 bits per heavy atom. The van der Waals surface area contributed by atoms with Crippen LogP contribution in [0.4, 0.5) is 0 Å². The number of hydrogen-bond acceptors (Lipinski definition) is 0. The van der Waals surface area contributed by atoms with E-state index in [1.807, 2.05) is 0 Å². The molecule has 0 aliphatic rings. The van der Waals surface area contributed by atoms with Gasteiger partial charge < -0.3 is 0 Å². The quantitative estimate of drug-likeness (QED) is 0.344. The fourth-order valence-electron chi connectivity index (χ4n) is 3.84. The Bertz CT molecular complexity index is 659. The van der Waals surface area contributed by atoms with Crippen molar-refractivity contribution in [3.8, 4) is 0 Å². The molecule has 0 aromatic heterocycles. The fourth-order valence-corrected chi connectivity index (χ4v) is 4.46. The van der Waals surface area contributed by atoms with Gasteiger partial charge in [-0.1, -0.05) is 91.0 Å². The van der Waals surface area contributed by atoms with Gasteiger partial charge in [0.05, 0.1) is 0 Å². The van der Waals surface area contributed by atoms with Crippen molar-refractivity contribution in [2.45, 2.75) is 38.5 Å². The molecule has 3 aromatic rings. The Morgan fingerprint density at radius 2 is 0.778 bits per heavy atom. The lowest BCUT2D eigenvalue weighted by molar-refractivity contribution is 0.257. The van der Waals surface area contributed by atoms with Gasteiger partial charge in [-0.15, -0.1) is 9.24 Å². The molecule has 0 N–H and O–H groups in total. The topological polar surface area (TPSA) is 0 Å². The molecule has 140 valence electrons. The predicted molar refractivity (Wildman–Crippen MR) is 121 cm³/mol. The lowest BCUT2D eigenvalue weighted by Gasteiger charge is -2.33. The van der Waals surface area contributed by atoms with Gasteiger partial charge in [0.15, 0.2) is 0 Å². The molecule has 0 nitrogen and oxygen atoms in total. The number of rotatable bonds is 10. The summed E-state index contributed by atoms with van der Waals surface area (Å²) < 4.78 is 0. The van der Waals surface area contributed by atoms with Crippen LogP contribution in [-0.2, 0) is 19.3 Å². The molecule has 0 fully saturated rings. The van der Waals surface area contributed by atoms with Crippen LogP contribution in [0, 0.1) is 5.41 Å². The second-order valence-corrected chi connectivity index (χ2v) is 8.07. The summed E-state index contributed by atoms with van der Waals surface area (Å²) in [4.78, 5) is 0. The Balaban J connectivity index is 1.70. The smallest absolute Gasteiger partial charge is 0.0253 e. The number of benzene rings is 3. The predicted octanol–water partition coefficient (Wildman–Crippen LogP) is 6.75. The van der Waals surface area contributed by atoms with Gasteiger partial charge in [-0.05, 0) is 66.8 Å². The average Bonchev–Trinajstić information content (AvgIpc) is 2.76. The monoisotopic (exact) mass is 374 g/mol. The van der Waals surface area contributed by atoms with Crippen molar-refractivity contribution in [3.63, 3.8) is 0 Å². The maximum atomic E-state index is 3.06. The highest BCUT2D eigenvalue weighted by Crippen LogP contribution is 2.37. The van der Waals surface area contributed by atoms with Crippen molar-refractivity contribution >= 4 is 9.24 Å². The van der Waals surface area contributed by atoms with E-state index in [9.17, 15) is 0 Å². The van der Waals surface area contributed by atoms with E-state index in [-0.39, 0.29) is 0 Å². The van der Waals surface area contributed by atoms with E-state index in [1.54, 1.807) is 0 Å². The van der Waals surface area contributed by atoms with Crippen LogP contribution in [0.25, 0.3) is 0 Å². The summed E-state index contributed by atoms with van der Waals surface area (Å²) in [6, 6.07) is 32.9. The van der Waals surface area contributed by atoms with E-state index in [0.717, 1.165) is 0 Å². The van der Waals surface area contributed by atoms with Crippen LogP contribution in [0.3, 0.4) is 0 Å². The summed E-state index contributed by atoms with van der Waals surface area (Å²) in [6.45, 7) is 0. The first-order valence-corrected chi connectivity index (χ1v) is 10.9. The highest BCUT2D eigenvalue weighted by molar-refractivity contribution is 7.16. The molecule has 0 aliphatic heterocycles. The third kappa shape index (κ3) is 6.33. The summed E-state index contributed by atoms with van der Waals surface area (Å²) >= 11 is 0. The summed E-state index contributed by atoms with van der Waals surface area (Å²) in [5.74, 6) is 0. The van der Waals surface area contributed by atoms with Crippen molar-refractivity contribution in [2.75, 3.05) is 6.16 Å². The molecule has 1 unspecified atom stereocenters. The van der Waals surface area contributed by atoms with Gasteiger partial charge in [0.2, 0.25) is 0 Å². The molecule has 3 rings (SSSR count). The van der Waals surface area contributed by atoms with E-state index < -0.39 is 0 Å². The molecule has 0 bridgehead atoms. The molecular weight excluding hydrogens is 343 g/mol. The first-order valence-electron chi connectivity index (χ1n) is 10.1. The molecule has 1 heteroatoms. The minimum atomic E-state index is 0.367. The van der Waals surface area contributed by atoms with Crippen LogP contribution >= 0.6 is 9.24 Å². The Morgan fingerprint density at radius 1 is 0.481 bits per heavy atom. The Hall–Kier alpha value is -1.91. The van der Waals surface area contributed by atoms with Crippen LogP contribution in [0.2, 0.25) is 0 Å². The van der Waals surface area contributed by atoms with E-state index in [0.29, 0.717) is 5.41 Å². The van der Waals surface area contributed by atoms with Crippen molar-refractivity contribution in [1.82, 2.24) is 0 Å². The summed E-state index contributed by atoms with van der Waals surface area (Å²) in [5.41, 5.74) is 4.74. The first-order chi connectivity index (χ1) is 13.3. The molecule has 0 radical (unpaired) electrons. The zero-order chi connectivity index (χ0) is 18.8. The molecular formula is C26H31P. The van der Waals surface area contributed by atoms with Crippen molar-refractivity contribution in [2.24, 2.45) is 5.41 Å². The van der Waals surface area contributed by atoms with Crippen molar-refractivity contribution < 1.29 is 0 Å². The first kappa shape index (κ1) is 19.8. The second-order valence-electron chi connectivity index (χ2n) is 7.66. The molecule has 0 saturated heterocycles. The average molecular weight is 375 g/mol. The van der Waals surface area contributed by atoms with E-state index in [1.165, 1.54) is 61.4 Å². The van der Waals surface area contributed by atoms with Crippen molar-refractivity contribution in [1.29, 1.82) is 0 Å². The SMILES string of the molecule is PCC(CCc1ccccc1)(CCc1ccccc1)CCc1ccccc1. The van der Waals surface area contributed by atoms with Crippen LogP contribution < -0.4 is 0 Å².